The monoisotopic (exact) mass is 196 g/mol. The van der Waals surface area contributed by atoms with Crippen molar-refractivity contribution < 1.29 is 8.85 Å². The van der Waals surface area contributed by atoms with Crippen LogP contribution in [0.3, 0.4) is 0 Å². The van der Waals surface area contributed by atoms with E-state index in [2.05, 4.69) is 13.5 Å². The van der Waals surface area contributed by atoms with Gasteiger partial charge in [-0.1, -0.05) is 25.1 Å². The molecule has 2 nitrogen and oxygen atoms in total. The van der Waals surface area contributed by atoms with Crippen molar-refractivity contribution in [3.8, 4) is 5.75 Å². The number of hydrogen-bond acceptors (Lipinski definition) is 2. The zero-order valence-electron chi connectivity index (χ0n) is 8.41. The van der Waals surface area contributed by atoms with Crippen LogP contribution in [0.4, 0.5) is 0 Å². The molecule has 1 aromatic carbocycles. The molecule has 0 aliphatic heterocycles. The fraction of sp³-hybridized carbons (Fsp3) is 0.400. The summed E-state index contributed by atoms with van der Waals surface area (Å²) in [6.07, 6.45) is 0. The molecule has 0 aromatic heterocycles. The highest BCUT2D eigenvalue weighted by atomic mass is 28.4. The van der Waals surface area contributed by atoms with Crippen molar-refractivity contribution in [1.29, 1.82) is 0 Å². The first kappa shape index (κ1) is 10.3. The maximum atomic E-state index is 5.82. The van der Waals surface area contributed by atoms with Gasteiger partial charge in [-0.05, 0) is 24.7 Å². The fourth-order valence-corrected chi connectivity index (χ4v) is 2.15. The summed E-state index contributed by atoms with van der Waals surface area (Å²) >= 11 is 0. The molecule has 0 heterocycles. The summed E-state index contributed by atoms with van der Waals surface area (Å²) in [6.45, 7) is 4.17. The van der Waals surface area contributed by atoms with Crippen molar-refractivity contribution in [3.05, 3.63) is 30.3 Å². The molecule has 1 atom stereocenters. The molecule has 13 heavy (non-hydrogen) atoms. The largest absolute Gasteiger partial charge is 0.520 e. The number of rotatable bonds is 4. The normalized spacial score (nSPS) is 15.0. The van der Waals surface area contributed by atoms with Gasteiger partial charge in [0.05, 0.1) is 0 Å². The minimum absolute atomic E-state index is 0.903. The van der Waals surface area contributed by atoms with Gasteiger partial charge in [-0.15, -0.1) is 0 Å². The second-order valence-electron chi connectivity index (χ2n) is 3.11. The fourth-order valence-electron chi connectivity index (χ4n) is 0.996. The zero-order valence-corrected chi connectivity index (χ0v) is 9.41. The SMILES string of the molecule is CC[Si](C)(OC)Oc1ccccc1. The van der Waals surface area contributed by atoms with Crippen LogP contribution in [0.25, 0.3) is 0 Å². The third kappa shape index (κ3) is 2.86. The summed E-state index contributed by atoms with van der Waals surface area (Å²) in [5.41, 5.74) is 0. The van der Waals surface area contributed by atoms with Crippen LogP contribution in [-0.4, -0.2) is 15.7 Å². The molecule has 0 radical (unpaired) electrons. The average molecular weight is 196 g/mol. The van der Waals surface area contributed by atoms with E-state index in [9.17, 15) is 0 Å². The van der Waals surface area contributed by atoms with Gasteiger partial charge in [0.25, 0.3) is 0 Å². The van der Waals surface area contributed by atoms with Gasteiger partial charge in [-0.2, -0.15) is 0 Å². The lowest BCUT2D eigenvalue weighted by molar-refractivity contribution is 0.307. The van der Waals surface area contributed by atoms with E-state index in [1.165, 1.54) is 0 Å². The lowest BCUT2D eigenvalue weighted by Crippen LogP contribution is -2.39. The highest BCUT2D eigenvalue weighted by Crippen LogP contribution is 2.18. The van der Waals surface area contributed by atoms with Crippen LogP contribution in [0.2, 0.25) is 12.6 Å². The Balaban J connectivity index is 2.68. The van der Waals surface area contributed by atoms with Gasteiger partial charge in [0, 0.05) is 7.11 Å². The summed E-state index contributed by atoms with van der Waals surface area (Å²) in [4.78, 5) is 0. The first-order chi connectivity index (χ1) is 6.20. The smallest absolute Gasteiger partial charge is 0.395 e. The molecule has 1 unspecified atom stereocenters. The molecule has 0 saturated carbocycles. The lowest BCUT2D eigenvalue weighted by atomic mass is 10.3. The van der Waals surface area contributed by atoms with Crippen molar-refractivity contribution in [3.63, 3.8) is 0 Å². The van der Waals surface area contributed by atoms with Crippen LogP contribution in [-0.2, 0) is 4.43 Å². The Bertz CT molecular complexity index is 244. The topological polar surface area (TPSA) is 18.5 Å². The van der Waals surface area contributed by atoms with Crippen molar-refractivity contribution in [2.24, 2.45) is 0 Å². The molecule has 1 rings (SSSR count). The molecule has 3 heteroatoms. The Kier molecular flexibility index (Phi) is 3.51. The first-order valence-corrected chi connectivity index (χ1v) is 7.02. The Morgan fingerprint density at radius 1 is 1.23 bits per heavy atom. The summed E-state index contributed by atoms with van der Waals surface area (Å²) in [5, 5.41) is 0. The van der Waals surface area contributed by atoms with Crippen LogP contribution < -0.4 is 4.43 Å². The van der Waals surface area contributed by atoms with Crippen molar-refractivity contribution in [2.45, 2.75) is 19.5 Å². The molecule has 0 aliphatic carbocycles. The molecule has 0 spiro atoms. The molecular weight excluding hydrogens is 180 g/mol. The highest BCUT2D eigenvalue weighted by Gasteiger charge is 2.29. The molecule has 0 N–H and O–H groups in total. The maximum absolute atomic E-state index is 5.82. The molecule has 0 amide bonds. The Morgan fingerprint density at radius 3 is 2.31 bits per heavy atom. The molecule has 0 aliphatic rings. The third-order valence-electron chi connectivity index (χ3n) is 2.15. The van der Waals surface area contributed by atoms with Crippen LogP contribution in [0.1, 0.15) is 6.92 Å². The van der Waals surface area contributed by atoms with Gasteiger partial charge in [-0.25, -0.2) is 0 Å². The van der Waals surface area contributed by atoms with Gasteiger partial charge < -0.3 is 8.85 Å². The summed E-state index contributed by atoms with van der Waals surface area (Å²) in [5.74, 6) is 0.903. The molecular formula is C10H16O2Si. The van der Waals surface area contributed by atoms with E-state index in [-0.39, 0.29) is 0 Å². The predicted molar refractivity (Wildman–Crippen MR) is 56.2 cm³/mol. The van der Waals surface area contributed by atoms with E-state index in [0.29, 0.717) is 0 Å². The van der Waals surface area contributed by atoms with E-state index in [1.54, 1.807) is 7.11 Å². The molecule has 0 fully saturated rings. The highest BCUT2D eigenvalue weighted by molar-refractivity contribution is 6.66. The van der Waals surface area contributed by atoms with Gasteiger partial charge >= 0.3 is 8.56 Å². The van der Waals surface area contributed by atoms with Crippen LogP contribution in [0.15, 0.2) is 30.3 Å². The molecule has 0 bridgehead atoms. The molecule has 72 valence electrons. The average Bonchev–Trinajstić information content (AvgIpc) is 2.19. The standard InChI is InChI=1S/C10H16O2Si/c1-4-13(3,11-2)12-10-8-6-5-7-9-10/h5-9H,4H2,1-3H3. The number of benzene rings is 1. The Morgan fingerprint density at radius 2 is 1.85 bits per heavy atom. The second kappa shape index (κ2) is 4.44. The van der Waals surface area contributed by atoms with E-state index in [0.717, 1.165) is 11.8 Å². The van der Waals surface area contributed by atoms with E-state index in [1.807, 2.05) is 30.3 Å². The molecule has 0 saturated heterocycles. The summed E-state index contributed by atoms with van der Waals surface area (Å²) in [7, 11) is -0.217. The Labute approximate surface area is 80.7 Å². The first-order valence-electron chi connectivity index (χ1n) is 4.49. The van der Waals surface area contributed by atoms with E-state index < -0.39 is 8.56 Å². The third-order valence-corrected chi connectivity index (χ3v) is 4.97. The van der Waals surface area contributed by atoms with Crippen molar-refractivity contribution in [2.75, 3.05) is 7.11 Å². The van der Waals surface area contributed by atoms with Gasteiger partial charge in [-0.3, -0.25) is 0 Å². The number of para-hydroxylation sites is 1. The van der Waals surface area contributed by atoms with Gasteiger partial charge in [0.15, 0.2) is 0 Å². The van der Waals surface area contributed by atoms with Gasteiger partial charge in [0.1, 0.15) is 5.75 Å². The van der Waals surface area contributed by atoms with Crippen LogP contribution in [0, 0.1) is 0 Å². The predicted octanol–water partition coefficient (Wildman–Crippen LogP) is 2.80. The Hall–Kier alpha value is -0.803. The van der Waals surface area contributed by atoms with Crippen molar-refractivity contribution >= 4 is 8.56 Å². The van der Waals surface area contributed by atoms with Crippen molar-refractivity contribution in [1.82, 2.24) is 0 Å². The minimum atomic E-state index is -1.94. The zero-order chi connectivity index (χ0) is 9.73. The number of hydrogen-bond donors (Lipinski definition) is 0. The van der Waals surface area contributed by atoms with Gasteiger partial charge in [0.2, 0.25) is 0 Å². The maximum Gasteiger partial charge on any atom is 0.395 e. The summed E-state index contributed by atoms with van der Waals surface area (Å²) < 4.78 is 11.2. The minimum Gasteiger partial charge on any atom is -0.520 e. The lowest BCUT2D eigenvalue weighted by Gasteiger charge is -2.24. The van der Waals surface area contributed by atoms with Crippen LogP contribution >= 0.6 is 0 Å². The van der Waals surface area contributed by atoms with E-state index >= 15 is 0 Å². The summed E-state index contributed by atoms with van der Waals surface area (Å²) in [6, 6.07) is 10.8. The van der Waals surface area contributed by atoms with Crippen LogP contribution in [0.5, 0.6) is 5.75 Å². The second-order valence-corrected chi connectivity index (χ2v) is 6.69. The molecule has 1 aromatic rings. The quantitative estimate of drug-likeness (QED) is 0.689. The van der Waals surface area contributed by atoms with E-state index in [4.69, 9.17) is 8.85 Å².